The Morgan fingerprint density at radius 1 is 1.56 bits per heavy atom. The first-order chi connectivity index (χ1) is 7.56. The number of nitrogens with zero attached hydrogens (tertiary/aromatic N) is 1. The summed E-state index contributed by atoms with van der Waals surface area (Å²) in [6.07, 6.45) is 5.36. The van der Waals surface area contributed by atoms with E-state index in [0.29, 0.717) is 0 Å². The van der Waals surface area contributed by atoms with Crippen LogP contribution >= 0.6 is 11.3 Å². The summed E-state index contributed by atoms with van der Waals surface area (Å²) < 4.78 is 0. The summed E-state index contributed by atoms with van der Waals surface area (Å²) in [5.74, 6) is 0. The lowest BCUT2D eigenvalue weighted by atomic mass is 10.1. The fraction of sp³-hybridized carbons (Fsp3) is 0.750. The van der Waals surface area contributed by atoms with E-state index in [-0.39, 0.29) is 11.6 Å². The highest BCUT2D eigenvalue weighted by Crippen LogP contribution is 2.21. The number of rotatable bonds is 7. The predicted octanol–water partition coefficient (Wildman–Crippen LogP) is 2.49. The van der Waals surface area contributed by atoms with Gasteiger partial charge in [0.2, 0.25) is 0 Å². The van der Waals surface area contributed by atoms with Crippen LogP contribution in [-0.2, 0) is 5.54 Å². The van der Waals surface area contributed by atoms with E-state index in [1.165, 1.54) is 12.8 Å². The number of unbranched alkanes of at least 4 members (excludes halogenated alkanes) is 1. The van der Waals surface area contributed by atoms with Gasteiger partial charge in [-0.05, 0) is 20.3 Å². The molecule has 92 valence electrons. The Hall–Kier alpha value is -0.450. The molecule has 0 saturated heterocycles. The summed E-state index contributed by atoms with van der Waals surface area (Å²) in [5, 5.41) is 6.62. The van der Waals surface area contributed by atoms with Crippen LogP contribution in [0.5, 0.6) is 0 Å². The molecule has 1 aromatic heterocycles. The monoisotopic (exact) mass is 241 g/mol. The van der Waals surface area contributed by atoms with Gasteiger partial charge in [0.1, 0.15) is 5.01 Å². The quantitative estimate of drug-likeness (QED) is 0.771. The maximum absolute atomic E-state index is 6.04. The van der Waals surface area contributed by atoms with Crippen molar-refractivity contribution in [1.29, 1.82) is 0 Å². The van der Waals surface area contributed by atoms with Gasteiger partial charge in [-0.3, -0.25) is 0 Å². The van der Waals surface area contributed by atoms with Gasteiger partial charge in [0.15, 0.2) is 0 Å². The molecule has 3 nitrogen and oxygen atoms in total. The van der Waals surface area contributed by atoms with Gasteiger partial charge in [-0.2, -0.15) is 0 Å². The van der Waals surface area contributed by atoms with Gasteiger partial charge in [-0.15, -0.1) is 11.3 Å². The van der Waals surface area contributed by atoms with Gasteiger partial charge < -0.3 is 11.1 Å². The van der Waals surface area contributed by atoms with E-state index < -0.39 is 0 Å². The van der Waals surface area contributed by atoms with E-state index in [4.69, 9.17) is 5.73 Å². The van der Waals surface area contributed by atoms with Crippen molar-refractivity contribution in [1.82, 2.24) is 10.3 Å². The van der Waals surface area contributed by atoms with Crippen molar-refractivity contribution >= 4 is 11.3 Å². The third-order valence-electron chi connectivity index (χ3n) is 2.70. The first-order valence-electron chi connectivity index (χ1n) is 5.97. The smallest absolute Gasteiger partial charge is 0.112 e. The lowest BCUT2D eigenvalue weighted by Crippen LogP contribution is -2.43. The molecule has 0 fully saturated rings. The third-order valence-corrected chi connectivity index (χ3v) is 3.80. The molecule has 0 bridgehead atoms. The average Bonchev–Trinajstić information content (AvgIpc) is 2.77. The van der Waals surface area contributed by atoms with Crippen LogP contribution in [0.3, 0.4) is 0 Å². The number of nitrogens with two attached hydrogens (primary N) is 1. The zero-order chi connectivity index (χ0) is 12.0. The molecule has 1 unspecified atom stereocenters. The van der Waals surface area contributed by atoms with Crippen LogP contribution in [0.25, 0.3) is 0 Å². The van der Waals surface area contributed by atoms with Crippen LogP contribution in [-0.4, -0.2) is 17.6 Å². The van der Waals surface area contributed by atoms with Crippen molar-refractivity contribution in [3.8, 4) is 0 Å². The highest BCUT2D eigenvalue weighted by molar-refractivity contribution is 7.09. The SMILES string of the molecule is CCCCC(N)CNC(C)(C)c1nccs1. The predicted molar refractivity (Wildman–Crippen MR) is 70.6 cm³/mol. The second kappa shape index (κ2) is 6.33. The number of aromatic nitrogens is 1. The Kier molecular flexibility index (Phi) is 5.38. The Morgan fingerprint density at radius 3 is 2.88 bits per heavy atom. The highest BCUT2D eigenvalue weighted by atomic mass is 32.1. The molecule has 0 aliphatic heterocycles. The maximum atomic E-state index is 6.04. The average molecular weight is 241 g/mol. The van der Waals surface area contributed by atoms with Crippen molar-refractivity contribution in [2.24, 2.45) is 5.73 Å². The summed E-state index contributed by atoms with van der Waals surface area (Å²) in [5.41, 5.74) is 5.97. The highest BCUT2D eigenvalue weighted by Gasteiger charge is 2.22. The topological polar surface area (TPSA) is 50.9 Å². The molecule has 0 radical (unpaired) electrons. The lowest BCUT2D eigenvalue weighted by molar-refractivity contribution is 0.375. The van der Waals surface area contributed by atoms with Crippen LogP contribution in [0, 0.1) is 0 Å². The summed E-state index contributed by atoms with van der Waals surface area (Å²) in [6.45, 7) is 7.35. The van der Waals surface area contributed by atoms with E-state index in [2.05, 4.69) is 31.1 Å². The van der Waals surface area contributed by atoms with Crippen molar-refractivity contribution in [3.63, 3.8) is 0 Å². The molecule has 1 rings (SSSR count). The maximum Gasteiger partial charge on any atom is 0.112 e. The summed E-state index contributed by atoms with van der Waals surface area (Å²) in [7, 11) is 0. The molecule has 1 atom stereocenters. The summed E-state index contributed by atoms with van der Waals surface area (Å²) >= 11 is 1.68. The van der Waals surface area contributed by atoms with Gasteiger partial charge in [0.05, 0.1) is 5.54 Å². The zero-order valence-corrected chi connectivity index (χ0v) is 11.3. The minimum Gasteiger partial charge on any atom is -0.327 e. The normalized spacial score (nSPS) is 14.0. The number of thiazole rings is 1. The molecule has 0 aromatic carbocycles. The van der Waals surface area contributed by atoms with Crippen LogP contribution < -0.4 is 11.1 Å². The second-order valence-corrected chi connectivity index (χ2v) is 5.64. The largest absolute Gasteiger partial charge is 0.327 e. The molecule has 0 saturated carbocycles. The zero-order valence-electron chi connectivity index (χ0n) is 10.5. The van der Waals surface area contributed by atoms with Crippen molar-refractivity contribution in [2.45, 2.75) is 51.6 Å². The van der Waals surface area contributed by atoms with E-state index in [1.54, 1.807) is 11.3 Å². The van der Waals surface area contributed by atoms with Gasteiger partial charge in [0.25, 0.3) is 0 Å². The molecule has 16 heavy (non-hydrogen) atoms. The molecule has 1 heterocycles. The minimum atomic E-state index is -0.0714. The van der Waals surface area contributed by atoms with E-state index in [9.17, 15) is 0 Å². The lowest BCUT2D eigenvalue weighted by Gasteiger charge is -2.26. The van der Waals surface area contributed by atoms with Gasteiger partial charge in [-0.25, -0.2) is 4.98 Å². The van der Waals surface area contributed by atoms with E-state index in [1.807, 2.05) is 11.6 Å². The summed E-state index contributed by atoms with van der Waals surface area (Å²) in [6, 6.07) is 0.249. The Morgan fingerprint density at radius 2 is 2.31 bits per heavy atom. The second-order valence-electron chi connectivity index (χ2n) is 4.75. The standard InChI is InChI=1S/C12H23N3S/c1-4-5-6-10(13)9-15-12(2,3)11-14-7-8-16-11/h7-8,10,15H,4-6,9,13H2,1-3H3. The number of hydrogen-bond acceptors (Lipinski definition) is 4. The molecular formula is C12H23N3S. The van der Waals surface area contributed by atoms with Gasteiger partial charge >= 0.3 is 0 Å². The third kappa shape index (κ3) is 4.20. The van der Waals surface area contributed by atoms with Crippen LogP contribution in [0.15, 0.2) is 11.6 Å². The van der Waals surface area contributed by atoms with Crippen LogP contribution in [0.2, 0.25) is 0 Å². The summed E-state index contributed by atoms with van der Waals surface area (Å²) in [4.78, 5) is 4.34. The van der Waals surface area contributed by atoms with Gasteiger partial charge in [0, 0.05) is 24.2 Å². The Labute approximate surface area is 102 Å². The van der Waals surface area contributed by atoms with Crippen LogP contribution in [0.1, 0.15) is 45.0 Å². The van der Waals surface area contributed by atoms with E-state index in [0.717, 1.165) is 18.0 Å². The fourth-order valence-electron chi connectivity index (χ4n) is 1.56. The molecule has 0 amide bonds. The number of hydrogen-bond donors (Lipinski definition) is 2. The van der Waals surface area contributed by atoms with Gasteiger partial charge in [-0.1, -0.05) is 19.8 Å². The van der Waals surface area contributed by atoms with Crippen molar-refractivity contribution in [3.05, 3.63) is 16.6 Å². The number of nitrogens with one attached hydrogen (secondary N) is 1. The molecular weight excluding hydrogens is 218 g/mol. The molecule has 0 spiro atoms. The van der Waals surface area contributed by atoms with E-state index >= 15 is 0 Å². The molecule has 1 aromatic rings. The van der Waals surface area contributed by atoms with Crippen molar-refractivity contribution in [2.75, 3.05) is 6.54 Å². The first-order valence-corrected chi connectivity index (χ1v) is 6.85. The minimum absolute atomic E-state index is 0.0714. The molecule has 0 aliphatic rings. The molecule has 0 aliphatic carbocycles. The Balaban J connectivity index is 2.36. The fourth-order valence-corrected chi connectivity index (χ4v) is 2.30. The van der Waals surface area contributed by atoms with Crippen LogP contribution in [0.4, 0.5) is 0 Å². The Bertz CT molecular complexity index is 282. The molecule has 4 heteroatoms. The molecule has 3 N–H and O–H groups in total. The first kappa shape index (κ1) is 13.6. The van der Waals surface area contributed by atoms with Crippen molar-refractivity contribution < 1.29 is 0 Å².